The van der Waals surface area contributed by atoms with Crippen molar-refractivity contribution in [3.05, 3.63) is 60.4 Å². The van der Waals surface area contributed by atoms with E-state index in [9.17, 15) is 4.79 Å². The fourth-order valence-electron chi connectivity index (χ4n) is 2.66. The molecule has 1 N–H and O–H groups in total. The van der Waals surface area contributed by atoms with Crippen molar-refractivity contribution in [1.29, 1.82) is 0 Å². The molecule has 3 rings (SSSR count). The Morgan fingerprint density at radius 1 is 1.24 bits per heavy atom. The summed E-state index contributed by atoms with van der Waals surface area (Å²) in [5.41, 5.74) is 1.13. The maximum absolute atomic E-state index is 12.2. The highest BCUT2D eigenvalue weighted by Crippen LogP contribution is 2.17. The third-order valence-corrected chi connectivity index (χ3v) is 4.98. The van der Waals surface area contributed by atoms with Crippen LogP contribution in [0.3, 0.4) is 0 Å². The molecule has 1 amide bonds. The summed E-state index contributed by atoms with van der Waals surface area (Å²) in [6.45, 7) is 1.70. The van der Waals surface area contributed by atoms with Crippen molar-refractivity contribution >= 4 is 17.7 Å². The van der Waals surface area contributed by atoms with Gasteiger partial charge in [-0.2, -0.15) is 0 Å². The summed E-state index contributed by atoms with van der Waals surface area (Å²) in [7, 11) is 0. The molecule has 1 fully saturated rings. The van der Waals surface area contributed by atoms with Gasteiger partial charge in [0, 0.05) is 23.9 Å². The summed E-state index contributed by atoms with van der Waals surface area (Å²) in [5, 5.41) is 3.05. The molecule has 0 aliphatic carbocycles. The van der Waals surface area contributed by atoms with Crippen molar-refractivity contribution in [1.82, 2.24) is 10.3 Å². The topological polar surface area (TPSA) is 60.5 Å². The SMILES string of the molecule is O=C(CSc1ccncc1)N[C@@H]1COCC[C@@H]1OCc1ccccc1. The van der Waals surface area contributed by atoms with Crippen molar-refractivity contribution < 1.29 is 14.3 Å². The highest BCUT2D eigenvalue weighted by atomic mass is 32.2. The molecule has 0 spiro atoms. The highest BCUT2D eigenvalue weighted by Gasteiger charge is 2.27. The van der Waals surface area contributed by atoms with Gasteiger partial charge < -0.3 is 14.8 Å². The molecular formula is C19H22N2O3S. The number of thioether (sulfide) groups is 1. The van der Waals surface area contributed by atoms with Crippen LogP contribution in [0.2, 0.25) is 0 Å². The second-order valence-electron chi connectivity index (χ2n) is 5.84. The van der Waals surface area contributed by atoms with Gasteiger partial charge in [-0.1, -0.05) is 30.3 Å². The number of aromatic nitrogens is 1. The molecule has 6 heteroatoms. The van der Waals surface area contributed by atoms with Gasteiger partial charge >= 0.3 is 0 Å². The van der Waals surface area contributed by atoms with Gasteiger partial charge in [-0.3, -0.25) is 9.78 Å². The van der Waals surface area contributed by atoms with Crippen LogP contribution in [0.25, 0.3) is 0 Å². The Morgan fingerprint density at radius 2 is 2.04 bits per heavy atom. The molecule has 1 aliphatic rings. The number of hydrogen-bond acceptors (Lipinski definition) is 5. The third kappa shape index (κ3) is 5.85. The zero-order valence-electron chi connectivity index (χ0n) is 14.0. The lowest BCUT2D eigenvalue weighted by Crippen LogP contribution is -2.51. The summed E-state index contributed by atoms with van der Waals surface area (Å²) in [6.07, 6.45) is 4.21. The minimum absolute atomic E-state index is 0.00868. The second-order valence-corrected chi connectivity index (χ2v) is 6.89. The van der Waals surface area contributed by atoms with E-state index in [0.29, 0.717) is 25.6 Å². The Morgan fingerprint density at radius 3 is 2.84 bits per heavy atom. The predicted octanol–water partition coefficient (Wildman–Crippen LogP) is 2.66. The first-order chi connectivity index (χ1) is 12.3. The summed E-state index contributed by atoms with van der Waals surface area (Å²) in [6, 6.07) is 13.7. The fourth-order valence-corrected chi connectivity index (χ4v) is 3.36. The maximum Gasteiger partial charge on any atom is 0.230 e. The van der Waals surface area contributed by atoms with Gasteiger partial charge in [0.2, 0.25) is 5.91 Å². The minimum atomic E-state index is -0.108. The van der Waals surface area contributed by atoms with Crippen LogP contribution in [0.4, 0.5) is 0 Å². The number of amides is 1. The Balaban J connectivity index is 1.47. The van der Waals surface area contributed by atoms with Crippen molar-refractivity contribution in [2.24, 2.45) is 0 Å². The van der Waals surface area contributed by atoms with Crippen LogP contribution in [0.1, 0.15) is 12.0 Å². The first kappa shape index (κ1) is 17.9. The van der Waals surface area contributed by atoms with Gasteiger partial charge in [-0.05, 0) is 24.1 Å². The quantitative estimate of drug-likeness (QED) is 0.771. The van der Waals surface area contributed by atoms with E-state index in [-0.39, 0.29) is 18.1 Å². The Hall–Kier alpha value is -1.89. The largest absolute Gasteiger partial charge is 0.379 e. The Kier molecular flexibility index (Phi) is 6.85. The van der Waals surface area contributed by atoms with Crippen molar-refractivity contribution in [3.63, 3.8) is 0 Å². The van der Waals surface area contributed by atoms with Crippen LogP contribution in [0, 0.1) is 0 Å². The van der Waals surface area contributed by atoms with E-state index in [1.807, 2.05) is 42.5 Å². The molecule has 1 aromatic carbocycles. The number of carbonyl (C=O) groups excluding carboxylic acids is 1. The number of hydrogen-bond donors (Lipinski definition) is 1. The van der Waals surface area contributed by atoms with E-state index in [4.69, 9.17) is 9.47 Å². The molecule has 0 unspecified atom stereocenters. The van der Waals surface area contributed by atoms with Gasteiger partial charge in [-0.25, -0.2) is 0 Å². The predicted molar refractivity (Wildman–Crippen MR) is 97.3 cm³/mol. The lowest BCUT2D eigenvalue weighted by Gasteiger charge is -2.32. The van der Waals surface area contributed by atoms with Crippen molar-refractivity contribution in [3.8, 4) is 0 Å². The van der Waals surface area contributed by atoms with E-state index in [1.165, 1.54) is 11.8 Å². The summed E-state index contributed by atoms with van der Waals surface area (Å²) < 4.78 is 11.6. The average molecular weight is 358 g/mol. The average Bonchev–Trinajstić information content (AvgIpc) is 2.67. The lowest BCUT2D eigenvalue weighted by molar-refractivity contribution is -0.124. The summed E-state index contributed by atoms with van der Waals surface area (Å²) in [4.78, 5) is 17.2. The standard InChI is InChI=1S/C19H22N2O3S/c22-19(14-25-16-6-9-20-10-7-16)21-17-13-23-11-8-18(17)24-12-15-4-2-1-3-5-15/h1-7,9-10,17-18H,8,11-14H2,(H,21,22)/t17-,18+/m1/s1. The number of pyridine rings is 1. The van der Waals surface area contributed by atoms with Gasteiger partial charge in [0.15, 0.2) is 0 Å². The van der Waals surface area contributed by atoms with Gasteiger partial charge in [0.1, 0.15) is 0 Å². The van der Waals surface area contributed by atoms with E-state index in [2.05, 4.69) is 10.3 Å². The van der Waals surface area contributed by atoms with E-state index in [1.54, 1.807) is 12.4 Å². The molecule has 2 atom stereocenters. The summed E-state index contributed by atoms with van der Waals surface area (Å²) in [5.74, 6) is 0.358. The van der Waals surface area contributed by atoms with Gasteiger partial charge in [-0.15, -0.1) is 11.8 Å². The fraction of sp³-hybridized carbons (Fsp3) is 0.368. The van der Waals surface area contributed by atoms with Crippen LogP contribution in [0.5, 0.6) is 0 Å². The summed E-state index contributed by atoms with van der Waals surface area (Å²) >= 11 is 1.49. The lowest BCUT2D eigenvalue weighted by atomic mass is 10.1. The van der Waals surface area contributed by atoms with Gasteiger partial charge in [0.25, 0.3) is 0 Å². The Bertz CT molecular complexity index is 654. The molecule has 1 aliphatic heterocycles. The van der Waals surface area contributed by atoms with E-state index in [0.717, 1.165) is 16.9 Å². The Labute approximate surface area is 152 Å². The molecule has 5 nitrogen and oxygen atoms in total. The second kappa shape index (κ2) is 9.56. The molecule has 132 valence electrons. The van der Waals surface area contributed by atoms with Crippen LogP contribution >= 0.6 is 11.8 Å². The molecule has 2 aromatic rings. The van der Waals surface area contributed by atoms with E-state index < -0.39 is 0 Å². The van der Waals surface area contributed by atoms with Crippen LogP contribution in [-0.2, 0) is 20.9 Å². The number of benzene rings is 1. The third-order valence-electron chi connectivity index (χ3n) is 3.97. The van der Waals surface area contributed by atoms with Crippen LogP contribution < -0.4 is 5.32 Å². The number of carbonyl (C=O) groups is 1. The highest BCUT2D eigenvalue weighted by molar-refractivity contribution is 8.00. The molecule has 0 bridgehead atoms. The molecule has 0 radical (unpaired) electrons. The first-order valence-electron chi connectivity index (χ1n) is 8.37. The smallest absolute Gasteiger partial charge is 0.230 e. The zero-order chi connectivity index (χ0) is 17.3. The molecule has 2 heterocycles. The molecule has 25 heavy (non-hydrogen) atoms. The van der Waals surface area contributed by atoms with Crippen molar-refractivity contribution in [2.45, 2.75) is 30.1 Å². The monoisotopic (exact) mass is 358 g/mol. The zero-order valence-corrected chi connectivity index (χ0v) is 14.8. The molecular weight excluding hydrogens is 336 g/mol. The van der Waals surface area contributed by atoms with E-state index >= 15 is 0 Å². The maximum atomic E-state index is 12.2. The number of rotatable bonds is 7. The number of ether oxygens (including phenoxy) is 2. The molecule has 1 saturated heterocycles. The van der Waals surface area contributed by atoms with Crippen molar-refractivity contribution in [2.75, 3.05) is 19.0 Å². The van der Waals surface area contributed by atoms with Gasteiger partial charge in [0.05, 0.1) is 31.1 Å². The van der Waals surface area contributed by atoms with Crippen LogP contribution in [0.15, 0.2) is 59.8 Å². The molecule has 0 saturated carbocycles. The number of nitrogens with zero attached hydrogens (tertiary/aromatic N) is 1. The van der Waals surface area contributed by atoms with Crippen LogP contribution in [-0.4, -0.2) is 42.0 Å². The molecule has 1 aromatic heterocycles. The first-order valence-corrected chi connectivity index (χ1v) is 9.35. The normalized spacial score (nSPS) is 20.2. The number of nitrogens with one attached hydrogen (secondary N) is 1. The minimum Gasteiger partial charge on any atom is -0.379 e.